The molecule has 4 heteroatoms. The topological polar surface area (TPSA) is 32.3 Å². The fourth-order valence-electron chi connectivity index (χ4n) is 2.60. The van der Waals surface area contributed by atoms with Gasteiger partial charge in [-0.3, -0.25) is 4.79 Å². The lowest BCUT2D eigenvalue weighted by molar-refractivity contribution is -0.129. The van der Waals surface area contributed by atoms with Crippen LogP contribution >= 0.6 is 11.6 Å². The molecule has 23 heavy (non-hydrogen) atoms. The van der Waals surface area contributed by atoms with Gasteiger partial charge in [0.15, 0.2) is 0 Å². The average molecular weight is 331 g/mol. The predicted octanol–water partition coefficient (Wildman–Crippen LogP) is 4.42. The van der Waals surface area contributed by atoms with Crippen LogP contribution in [0.5, 0.6) is 0 Å². The number of benzene rings is 2. The smallest absolute Gasteiger partial charge is 0.242 e. The summed E-state index contributed by atoms with van der Waals surface area (Å²) in [6, 6.07) is 14.0. The zero-order valence-corrected chi connectivity index (χ0v) is 14.7. The van der Waals surface area contributed by atoms with Gasteiger partial charge in [-0.2, -0.15) is 0 Å². The summed E-state index contributed by atoms with van der Waals surface area (Å²) in [6.45, 7) is 7.53. The summed E-state index contributed by atoms with van der Waals surface area (Å²) in [5, 5.41) is 3.84. The number of amides is 1. The van der Waals surface area contributed by atoms with E-state index in [-0.39, 0.29) is 12.5 Å². The van der Waals surface area contributed by atoms with E-state index in [2.05, 4.69) is 11.4 Å². The molecule has 1 N–H and O–H groups in total. The number of halogens is 1. The number of hydrogen-bond donors (Lipinski definition) is 1. The Morgan fingerprint density at radius 3 is 2.48 bits per heavy atom. The maximum atomic E-state index is 12.5. The number of likely N-dealkylation sites (N-methyl/N-ethyl adjacent to an activating group) is 1. The molecule has 0 spiro atoms. The monoisotopic (exact) mass is 330 g/mol. The Morgan fingerprint density at radius 2 is 1.87 bits per heavy atom. The van der Waals surface area contributed by atoms with Crippen LogP contribution in [-0.4, -0.2) is 23.9 Å². The summed E-state index contributed by atoms with van der Waals surface area (Å²) >= 11 is 6.27. The van der Waals surface area contributed by atoms with Crippen molar-refractivity contribution in [3.63, 3.8) is 0 Å². The van der Waals surface area contributed by atoms with Gasteiger partial charge >= 0.3 is 0 Å². The predicted molar refractivity (Wildman–Crippen MR) is 96.9 cm³/mol. The van der Waals surface area contributed by atoms with Crippen molar-refractivity contribution in [3.8, 4) is 0 Å². The Balaban J connectivity index is 2.00. The van der Waals surface area contributed by atoms with Crippen molar-refractivity contribution in [1.82, 2.24) is 4.90 Å². The summed E-state index contributed by atoms with van der Waals surface area (Å²) in [7, 11) is 0. The van der Waals surface area contributed by atoms with Crippen LogP contribution in [0.3, 0.4) is 0 Å². The van der Waals surface area contributed by atoms with Crippen LogP contribution in [0.4, 0.5) is 5.69 Å². The molecule has 0 fully saturated rings. The molecule has 0 aliphatic carbocycles. The van der Waals surface area contributed by atoms with Crippen LogP contribution < -0.4 is 5.32 Å². The Morgan fingerprint density at radius 1 is 1.17 bits per heavy atom. The Kier molecular flexibility index (Phi) is 6.05. The fraction of sp³-hybridized carbons (Fsp3) is 0.316. The van der Waals surface area contributed by atoms with E-state index in [1.165, 1.54) is 0 Å². The molecule has 0 aromatic heterocycles. The lowest BCUT2D eigenvalue weighted by atomic mass is 10.1. The van der Waals surface area contributed by atoms with Crippen molar-refractivity contribution in [3.05, 3.63) is 64.2 Å². The molecule has 0 unspecified atom stereocenters. The van der Waals surface area contributed by atoms with E-state index in [0.29, 0.717) is 18.1 Å². The van der Waals surface area contributed by atoms with Crippen LogP contribution in [0.1, 0.15) is 23.6 Å². The van der Waals surface area contributed by atoms with Crippen molar-refractivity contribution >= 4 is 23.2 Å². The number of carbonyl (C=O) groups excluding carboxylic acids is 1. The molecule has 0 aliphatic heterocycles. The summed E-state index contributed by atoms with van der Waals surface area (Å²) in [4.78, 5) is 14.3. The highest BCUT2D eigenvalue weighted by Crippen LogP contribution is 2.27. The van der Waals surface area contributed by atoms with Crippen molar-refractivity contribution in [1.29, 1.82) is 0 Å². The van der Waals surface area contributed by atoms with Gasteiger partial charge in [0, 0.05) is 13.1 Å². The van der Waals surface area contributed by atoms with Crippen molar-refractivity contribution < 1.29 is 4.79 Å². The van der Waals surface area contributed by atoms with Gasteiger partial charge in [-0.1, -0.05) is 48.0 Å². The average Bonchev–Trinajstić information content (AvgIpc) is 2.52. The first-order valence-corrected chi connectivity index (χ1v) is 8.21. The molecule has 122 valence electrons. The minimum absolute atomic E-state index is 0.0624. The third-order valence-corrected chi connectivity index (χ3v) is 4.10. The molecular formula is C19H23ClN2O. The molecule has 2 aromatic carbocycles. The van der Waals surface area contributed by atoms with Crippen molar-refractivity contribution in [2.45, 2.75) is 27.3 Å². The molecule has 1 amide bonds. The SMILES string of the molecule is CCN(Cc1ccccc1)C(=O)CNc1c(C)cc(C)cc1Cl. The molecule has 3 nitrogen and oxygen atoms in total. The third-order valence-electron chi connectivity index (χ3n) is 3.80. The molecule has 0 aliphatic rings. The van der Waals surface area contributed by atoms with Crippen LogP contribution in [-0.2, 0) is 11.3 Å². The summed E-state index contributed by atoms with van der Waals surface area (Å²) in [6.07, 6.45) is 0. The lowest BCUT2D eigenvalue weighted by Gasteiger charge is -2.22. The second-order valence-electron chi connectivity index (χ2n) is 5.69. The van der Waals surface area contributed by atoms with Gasteiger partial charge in [0.2, 0.25) is 5.91 Å². The second kappa shape index (κ2) is 8.02. The molecule has 0 saturated heterocycles. The second-order valence-corrected chi connectivity index (χ2v) is 6.09. The van der Waals surface area contributed by atoms with Gasteiger partial charge in [0.1, 0.15) is 0 Å². The van der Waals surface area contributed by atoms with E-state index in [0.717, 1.165) is 22.4 Å². The number of rotatable bonds is 6. The van der Waals surface area contributed by atoms with E-state index in [1.807, 2.05) is 62.1 Å². The van der Waals surface area contributed by atoms with E-state index >= 15 is 0 Å². The first-order chi connectivity index (χ1) is 11.0. The standard InChI is InChI=1S/C19H23ClN2O/c1-4-22(13-16-8-6-5-7-9-16)18(23)12-21-19-15(3)10-14(2)11-17(19)20/h5-11,21H,4,12-13H2,1-3H3. The molecule has 0 radical (unpaired) electrons. The molecule has 0 bridgehead atoms. The Bertz CT molecular complexity index is 647. The van der Waals surface area contributed by atoms with Crippen LogP contribution in [0.15, 0.2) is 42.5 Å². The number of nitrogens with zero attached hydrogens (tertiary/aromatic N) is 1. The summed E-state index contributed by atoms with van der Waals surface area (Å²) in [5.41, 5.74) is 4.13. The molecule has 0 heterocycles. The molecule has 0 atom stereocenters. The fourth-order valence-corrected chi connectivity index (χ4v) is 2.98. The van der Waals surface area contributed by atoms with E-state index in [4.69, 9.17) is 11.6 Å². The summed E-state index contributed by atoms with van der Waals surface area (Å²) < 4.78 is 0. The molecule has 0 saturated carbocycles. The van der Waals surface area contributed by atoms with Crippen LogP contribution in [0, 0.1) is 13.8 Å². The number of aryl methyl sites for hydroxylation is 2. The van der Waals surface area contributed by atoms with E-state index in [1.54, 1.807) is 0 Å². The lowest BCUT2D eigenvalue weighted by Crippen LogP contribution is -2.35. The maximum Gasteiger partial charge on any atom is 0.242 e. The summed E-state index contributed by atoms with van der Waals surface area (Å²) in [5.74, 6) is 0.0624. The molecular weight excluding hydrogens is 308 g/mol. The number of anilines is 1. The number of hydrogen-bond acceptors (Lipinski definition) is 2. The van der Waals surface area contributed by atoms with Gasteiger partial charge in [0.25, 0.3) is 0 Å². The van der Waals surface area contributed by atoms with Crippen LogP contribution in [0.25, 0.3) is 0 Å². The number of nitrogens with one attached hydrogen (secondary N) is 1. The van der Waals surface area contributed by atoms with Gasteiger partial charge in [-0.05, 0) is 43.5 Å². The Labute approximate surface area is 143 Å². The van der Waals surface area contributed by atoms with Crippen molar-refractivity contribution in [2.24, 2.45) is 0 Å². The zero-order valence-electron chi connectivity index (χ0n) is 13.9. The van der Waals surface area contributed by atoms with Gasteiger partial charge in [-0.25, -0.2) is 0 Å². The minimum atomic E-state index is 0.0624. The highest BCUT2D eigenvalue weighted by Gasteiger charge is 2.13. The van der Waals surface area contributed by atoms with Gasteiger partial charge < -0.3 is 10.2 Å². The first kappa shape index (κ1) is 17.4. The minimum Gasteiger partial charge on any atom is -0.375 e. The highest BCUT2D eigenvalue weighted by atomic mass is 35.5. The Hall–Kier alpha value is -2.00. The maximum absolute atomic E-state index is 12.5. The van der Waals surface area contributed by atoms with E-state index < -0.39 is 0 Å². The third kappa shape index (κ3) is 4.73. The highest BCUT2D eigenvalue weighted by molar-refractivity contribution is 6.33. The first-order valence-electron chi connectivity index (χ1n) is 7.83. The van der Waals surface area contributed by atoms with Gasteiger partial charge in [0.05, 0.1) is 17.3 Å². The van der Waals surface area contributed by atoms with Crippen molar-refractivity contribution in [2.75, 3.05) is 18.4 Å². The molecule has 2 aromatic rings. The zero-order chi connectivity index (χ0) is 16.8. The normalized spacial score (nSPS) is 10.4. The number of carbonyl (C=O) groups is 1. The molecule has 2 rings (SSSR count). The van der Waals surface area contributed by atoms with Crippen LogP contribution in [0.2, 0.25) is 5.02 Å². The quantitative estimate of drug-likeness (QED) is 0.850. The van der Waals surface area contributed by atoms with Gasteiger partial charge in [-0.15, -0.1) is 0 Å². The largest absolute Gasteiger partial charge is 0.375 e. The van der Waals surface area contributed by atoms with E-state index in [9.17, 15) is 4.79 Å².